The number of unbranched alkanes of at least 4 members (excludes halogenated alkanes) is 1. The standard InChI is InChI=1S/C15H18N2O9/c1-23-13-8-11(4-5-12(13)26-14(19)9-16-10-18)15(20)24-6-2-3-7-25-17(21)22/h4-5,8,10H,2-3,6-7,9H2,1H3,(H,16,18). The Balaban J connectivity index is 2.53. The van der Waals surface area contributed by atoms with E-state index in [9.17, 15) is 24.5 Å². The number of rotatable bonds is 12. The summed E-state index contributed by atoms with van der Waals surface area (Å²) in [5.74, 6) is -1.11. The van der Waals surface area contributed by atoms with Crippen molar-refractivity contribution in [3.8, 4) is 11.5 Å². The summed E-state index contributed by atoms with van der Waals surface area (Å²) in [7, 11) is 1.33. The van der Waals surface area contributed by atoms with Gasteiger partial charge >= 0.3 is 11.9 Å². The second-order valence-corrected chi connectivity index (χ2v) is 4.74. The number of benzene rings is 1. The van der Waals surface area contributed by atoms with Gasteiger partial charge in [0, 0.05) is 0 Å². The number of nitrogens with zero attached hydrogens (tertiary/aromatic N) is 1. The van der Waals surface area contributed by atoms with Gasteiger partial charge < -0.3 is 24.4 Å². The summed E-state index contributed by atoms with van der Waals surface area (Å²) >= 11 is 0. The molecule has 0 aliphatic carbocycles. The van der Waals surface area contributed by atoms with Gasteiger partial charge in [0.2, 0.25) is 6.41 Å². The van der Waals surface area contributed by atoms with Crippen molar-refractivity contribution in [3.05, 3.63) is 33.9 Å². The Bertz CT molecular complexity index is 648. The van der Waals surface area contributed by atoms with Gasteiger partial charge in [0.1, 0.15) is 6.54 Å². The maximum atomic E-state index is 12.0. The molecule has 11 heteroatoms. The van der Waals surface area contributed by atoms with Crippen LogP contribution in [0.25, 0.3) is 0 Å². The lowest BCUT2D eigenvalue weighted by Gasteiger charge is -2.11. The molecular weight excluding hydrogens is 352 g/mol. The molecule has 0 aromatic heterocycles. The fourth-order valence-corrected chi connectivity index (χ4v) is 1.75. The molecule has 11 nitrogen and oxygen atoms in total. The van der Waals surface area contributed by atoms with E-state index in [-0.39, 0.29) is 36.8 Å². The number of nitrogens with one attached hydrogen (secondary N) is 1. The van der Waals surface area contributed by atoms with E-state index in [0.717, 1.165) is 0 Å². The molecular formula is C15H18N2O9. The minimum Gasteiger partial charge on any atom is -0.493 e. The molecule has 1 amide bonds. The summed E-state index contributed by atoms with van der Waals surface area (Å²) in [6, 6.07) is 4.09. The number of methoxy groups -OCH3 is 1. The van der Waals surface area contributed by atoms with E-state index in [4.69, 9.17) is 14.2 Å². The first-order valence-corrected chi connectivity index (χ1v) is 7.48. The highest BCUT2D eigenvalue weighted by molar-refractivity contribution is 5.90. The van der Waals surface area contributed by atoms with Gasteiger partial charge in [-0.2, -0.15) is 0 Å². The largest absolute Gasteiger partial charge is 0.493 e. The van der Waals surface area contributed by atoms with Crippen LogP contribution in [0.5, 0.6) is 11.5 Å². The Morgan fingerprint density at radius 3 is 2.62 bits per heavy atom. The molecule has 0 fully saturated rings. The average Bonchev–Trinajstić information content (AvgIpc) is 2.62. The van der Waals surface area contributed by atoms with E-state index >= 15 is 0 Å². The minimum absolute atomic E-state index is 0.0658. The number of carbonyl (C=O) groups is 3. The first kappa shape index (κ1) is 20.7. The minimum atomic E-state index is -0.887. The Morgan fingerprint density at radius 2 is 1.96 bits per heavy atom. The summed E-state index contributed by atoms with van der Waals surface area (Å²) < 4.78 is 15.1. The first-order chi connectivity index (χ1) is 12.5. The van der Waals surface area contributed by atoms with Crippen LogP contribution in [-0.2, 0) is 19.2 Å². The van der Waals surface area contributed by atoms with Crippen LogP contribution in [0.4, 0.5) is 0 Å². The third-order valence-electron chi connectivity index (χ3n) is 2.92. The van der Waals surface area contributed by atoms with E-state index in [0.29, 0.717) is 19.3 Å². The molecule has 0 spiro atoms. The van der Waals surface area contributed by atoms with Crippen molar-refractivity contribution in [1.29, 1.82) is 0 Å². The van der Waals surface area contributed by atoms with Crippen LogP contribution in [0.15, 0.2) is 18.2 Å². The van der Waals surface area contributed by atoms with E-state index in [1.165, 1.54) is 25.3 Å². The molecule has 0 saturated heterocycles. The van der Waals surface area contributed by atoms with Gasteiger partial charge in [-0.3, -0.25) is 4.79 Å². The first-order valence-electron chi connectivity index (χ1n) is 7.48. The summed E-state index contributed by atoms with van der Waals surface area (Å²) in [4.78, 5) is 47.7. The van der Waals surface area contributed by atoms with Gasteiger partial charge in [-0.05, 0) is 31.0 Å². The predicted molar refractivity (Wildman–Crippen MR) is 85.2 cm³/mol. The highest BCUT2D eigenvalue weighted by Crippen LogP contribution is 2.28. The average molecular weight is 370 g/mol. The molecule has 1 aromatic rings. The van der Waals surface area contributed by atoms with Crippen LogP contribution < -0.4 is 14.8 Å². The van der Waals surface area contributed by atoms with Crippen molar-refractivity contribution in [3.63, 3.8) is 0 Å². The Hall–Kier alpha value is -3.37. The second kappa shape index (κ2) is 11.2. The number of esters is 2. The Labute approximate surface area is 148 Å². The zero-order valence-electron chi connectivity index (χ0n) is 14.0. The van der Waals surface area contributed by atoms with Crippen LogP contribution in [0, 0.1) is 10.1 Å². The lowest BCUT2D eigenvalue weighted by Crippen LogP contribution is -2.25. The van der Waals surface area contributed by atoms with Gasteiger partial charge in [0.15, 0.2) is 11.5 Å². The molecule has 1 aromatic carbocycles. The van der Waals surface area contributed by atoms with Crippen molar-refractivity contribution in [2.75, 3.05) is 26.9 Å². The van der Waals surface area contributed by atoms with Crippen LogP contribution in [0.2, 0.25) is 0 Å². The lowest BCUT2D eigenvalue weighted by atomic mass is 10.2. The Morgan fingerprint density at radius 1 is 1.23 bits per heavy atom. The molecule has 0 atom stereocenters. The van der Waals surface area contributed by atoms with Crippen LogP contribution >= 0.6 is 0 Å². The number of hydrogen-bond acceptors (Lipinski definition) is 9. The van der Waals surface area contributed by atoms with Gasteiger partial charge in [0.05, 0.1) is 25.9 Å². The topological polar surface area (TPSA) is 143 Å². The van der Waals surface area contributed by atoms with Crippen LogP contribution in [-0.4, -0.2) is 50.3 Å². The maximum absolute atomic E-state index is 12.0. The summed E-state index contributed by atoms with van der Waals surface area (Å²) in [6.45, 7) is -0.315. The zero-order chi connectivity index (χ0) is 19.4. The smallest absolute Gasteiger partial charge is 0.338 e. The van der Waals surface area contributed by atoms with Crippen molar-refractivity contribution in [2.45, 2.75) is 12.8 Å². The van der Waals surface area contributed by atoms with E-state index in [1.54, 1.807) is 0 Å². The normalized spacial score (nSPS) is 9.73. The van der Waals surface area contributed by atoms with Crippen molar-refractivity contribution in [2.24, 2.45) is 0 Å². The summed E-state index contributed by atoms with van der Waals surface area (Å²) in [6.07, 6.45) is 1.12. The Kier molecular flexibility index (Phi) is 8.93. The number of amides is 1. The third-order valence-corrected chi connectivity index (χ3v) is 2.92. The number of ether oxygens (including phenoxy) is 3. The van der Waals surface area contributed by atoms with Crippen LogP contribution in [0.1, 0.15) is 23.2 Å². The third kappa shape index (κ3) is 7.47. The summed E-state index contributed by atoms with van der Waals surface area (Å²) in [5, 5.41) is 11.2. The molecule has 0 heterocycles. The maximum Gasteiger partial charge on any atom is 0.338 e. The molecule has 1 N–H and O–H groups in total. The molecule has 0 unspecified atom stereocenters. The van der Waals surface area contributed by atoms with Crippen molar-refractivity contribution < 1.29 is 38.5 Å². The van der Waals surface area contributed by atoms with E-state index < -0.39 is 17.0 Å². The van der Waals surface area contributed by atoms with E-state index in [1.807, 2.05) is 0 Å². The SMILES string of the molecule is COc1cc(C(=O)OCCCCO[N+](=O)[O-])ccc1OC(=O)CNC=O. The van der Waals surface area contributed by atoms with E-state index in [2.05, 4.69) is 10.2 Å². The molecule has 142 valence electrons. The molecule has 0 radical (unpaired) electrons. The zero-order valence-corrected chi connectivity index (χ0v) is 14.0. The van der Waals surface area contributed by atoms with Gasteiger partial charge in [-0.1, -0.05) is 0 Å². The number of hydrogen-bond donors (Lipinski definition) is 1. The monoisotopic (exact) mass is 370 g/mol. The van der Waals surface area contributed by atoms with Gasteiger partial charge in [-0.15, -0.1) is 10.1 Å². The molecule has 0 aliphatic heterocycles. The molecule has 1 rings (SSSR count). The fraction of sp³-hybridized carbons (Fsp3) is 0.400. The molecule has 0 aliphatic rings. The molecule has 26 heavy (non-hydrogen) atoms. The fourth-order valence-electron chi connectivity index (χ4n) is 1.75. The van der Waals surface area contributed by atoms with Gasteiger partial charge in [-0.25, -0.2) is 9.59 Å². The number of carbonyl (C=O) groups excluding carboxylic acids is 3. The predicted octanol–water partition coefficient (Wildman–Crippen LogP) is 0.492. The van der Waals surface area contributed by atoms with Gasteiger partial charge in [0.25, 0.3) is 5.09 Å². The quantitative estimate of drug-likeness (QED) is 0.139. The molecule has 0 saturated carbocycles. The lowest BCUT2D eigenvalue weighted by molar-refractivity contribution is -0.757. The van der Waals surface area contributed by atoms with Crippen molar-refractivity contribution >= 4 is 18.3 Å². The highest BCUT2D eigenvalue weighted by Gasteiger charge is 2.14. The summed E-state index contributed by atoms with van der Waals surface area (Å²) in [5.41, 5.74) is 0.175. The van der Waals surface area contributed by atoms with Crippen molar-refractivity contribution in [1.82, 2.24) is 5.32 Å². The second-order valence-electron chi connectivity index (χ2n) is 4.74. The molecule has 0 bridgehead atoms. The van der Waals surface area contributed by atoms with Crippen LogP contribution in [0.3, 0.4) is 0 Å². The highest BCUT2D eigenvalue weighted by atomic mass is 16.9.